The van der Waals surface area contributed by atoms with Crippen LogP contribution in [0.2, 0.25) is 0 Å². The van der Waals surface area contributed by atoms with E-state index in [4.69, 9.17) is 9.47 Å². The molecule has 2 N–H and O–H groups in total. The molecule has 0 aromatic heterocycles. The first kappa shape index (κ1) is 22.3. The number of benzene rings is 3. The highest BCUT2D eigenvalue weighted by atomic mass is 32.2. The average Bonchev–Trinajstić information content (AvgIpc) is 3.08. The average molecular weight is 466 g/mol. The Morgan fingerprint density at radius 2 is 1.70 bits per heavy atom. The number of sulfonamides is 1. The van der Waals surface area contributed by atoms with E-state index in [0.29, 0.717) is 28.3 Å². The van der Waals surface area contributed by atoms with Gasteiger partial charge in [0.2, 0.25) is 0 Å². The van der Waals surface area contributed by atoms with Gasteiger partial charge in [-0.15, -0.1) is 4.40 Å². The van der Waals surface area contributed by atoms with Gasteiger partial charge < -0.3 is 20.1 Å². The zero-order valence-corrected chi connectivity index (χ0v) is 19.1. The molecule has 8 nitrogen and oxygen atoms in total. The van der Waals surface area contributed by atoms with Crippen LogP contribution in [0.25, 0.3) is 0 Å². The molecule has 0 saturated carbocycles. The van der Waals surface area contributed by atoms with E-state index in [1.54, 1.807) is 68.8 Å². The molecule has 0 aliphatic carbocycles. The lowest BCUT2D eigenvalue weighted by Gasteiger charge is -2.18. The van der Waals surface area contributed by atoms with E-state index in [2.05, 4.69) is 15.0 Å². The van der Waals surface area contributed by atoms with Crippen LogP contribution < -0.4 is 20.1 Å². The van der Waals surface area contributed by atoms with Gasteiger partial charge >= 0.3 is 0 Å². The maximum atomic E-state index is 12.8. The topological polar surface area (TPSA) is 106 Å². The lowest BCUT2D eigenvalue weighted by molar-refractivity contribution is 0.0939. The van der Waals surface area contributed by atoms with Gasteiger partial charge in [-0.2, -0.15) is 8.42 Å². The first-order valence-corrected chi connectivity index (χ1v) is 11.6. The lowest BCUT2D eigenvalue weighted by atomic mass is 10.1. The van der Waals surface area contributed by atoms with Crippen molar-refractivity contribution in [3.05, 3.63) is 83.4 Å². The molecule has 9 heteroatoms. The summed E-state index contributed by atoms with van der Waals surface area (Å²) in [5.41, 5.74) is 2.37. The van der Waals surface area contributed by atoms with Crippen molar-refractivity contribution >= 4 is 27.5 Å². The van der Waals surface area contributed by atoms with Crippen molar-refractivity contribution in [3.63, 3.8) is 0 Å². The third-order valence-electron chi connectivity index (χ3n) is 5.29. The van der Waals surface area contributed by atoms with E-state index in [1.807, 2.05) is 13.0 Å². The van der Waals surface area contributed by atoms with Crippen LogP contribution in [-0.2, 0) is 10.0 Å². The fraction of sp³-hybridized carbons (Fsp3) is 0.167. The molecule has 1 amide bonds. The van der Waals surface area contributed by atoms with Crippen molar-refractivity contribution in [3.8, 4) is 11.5 Å². The third kappa shape index (κ3) is 4.54. The van der Waals surface area contributed by atoms with Crippen LogP contribution >= 0.6 is 0 Å². The van der Waals surface area contributed by atoms with Crippen molar-refractivity contribution in [2.24, 2.45) is 4.40 Å². The molecule has 4 rings (SSSR count). The minimum atomic E-state index is -3.71. The Morgan fingerprint density at radius 1 is 0.970 bits per heavy atom. The van der Waals surface area contributed by atoms with Gasteiger partial charge in [-0.25, -0.2) is 0 Å². The summed E-state index contributed by atoms with van der Waals surface area (Å²) >= 11 is 0. The molecule has 0 bridgehead atoms. The molecule has 170 valence electrons. The van der Waals surface area contributed by atoms with Gasteiger partial charge in [0, 0.05) is 22.4 Å². The number of nitrogens with zero attached hydrogens (tertiary/aromatic N) is 1. The van der Waals surface area contributed by atoms with Crippen LogP contribution in [0.4, 0.5) is 5.69 Å². The van der Waals surface area contributed by atoms with Gasteiger partial charge in [-0.3, -0.25) is 4.79 Å². The van der Waals surface area contributed by atoms with E-state index >= 15 is 0 Å². The molecule has 1 unspecified atom stereocenters. The van der Waals surface area contributed by atoms with E-state index in [0.717, 1.165) is 5.56 Å². The van der Waals surface area contributed by atoms with E-state index < -0.39 is 10.0 Å². The smallest absolute Gasteiger partial charge is 0.285 e. The Hall–Kier alpha value is -3.85. The van der Waals surface area contributed by atoms with E-state index in [1.165, 1.54) is 6.07 Å². The zero-order valence-electron chi connectivity index (χ0n) is 18.3. The summed E-state index contributed by atoms with van der Waals surface area (Å²) in [7, 11) is -0.553. The highest BCUT2D eigenvalue weighted by Gasteiger charge is 2.28. The summed E-state index contributed by atoms with van der Waals surface area (Å²) in [6.07, 6.45) is 0. The molecule has 33 heavy (non-hydrogen) atoms. The molecule has 1 heterocycles. The number of carbonyl (C=O) groups is 1. The number of hydrogen-bond donors (Lipinski definition) is 2. The second-order valence-corrected chi connectivity index (χ2v) is 8.99. The highest BCUT2D eigenvalue weighted by Crippen LogP contribution is 2.30. The lowest BCUT2D eigenvalue weighted by Crippen LogP contribution is -2.27. The van der Waals surface area contributed by atoms with Crippen LogP contribution in [0.5, 0.6) is 11.5 Å². The first-order valence-electron chi connectivity index (χ1n) is 10.2. The van der Waals surface area contributed by atoms with Crippen LogP contribution in [-0.4, -0.2) is 34.4 Å². The normalized spacial score (nSPS) is 14.6. The van der Waals surface area contributed by atoms with Crippen molar-refractivity contribution in [2.45, 2.75) is 17.9 Å². The van der Waals surface area contributed by atoms with Gasteiger partial charge in [0.25, 0.3) is 15.9 Å². The van der Waals surface area contributed by atoms with Crippen LogP contribution in [0.3, 0.4) is 0 Å². The van der Waals surface area contributed by atoms with Gasteiger partial charge in [0.1, 0.15) is 16.4 Å². The number of ether oxygens (including phenoxy) is 2. The number of hydrogen-bond acceptors (Lipinski definition) is 6. The molecule has 0 radical (unpaired) electrons. The van der Waals surface area contributed by atoms with Crippen LogP contribution in [0.15, 0.2) is 76.0 Å². The SMILES string of the molecule is COc1ccc(OC)c(C(C)NC(=O)c2ccc(NC3=NS(=O)(=O)c4ccccc43)cc2)c1. The molecular formula is C24H23N3O5S. The van der Waals surface area contributed by atoms with Crippen LogP contribution in [0.1, 0.15) is 34.5 Å². The van der Waals surface area contributed by atoms with Crippen molar-refractivity contribution in [1.29, 1.82) is 0 Å². The van der Waals surface area contributed by atoms with Gasteiger partial charge in [0.05, 0.1) is 20.3 Å². The number of amidine groups is 1. The fourth-order valence-electron chi connectivity index (χ4n) is 3.57. The first-order chi connectivity index (χ1) is 15.8. The molecule has 1 atom stereocenters. The molecule has 3 aromatic rings. The van der Waals surface area contributed by atoms with E-state index in [-0.39, 0.29) is 22.7 Å². The maximum Gasteiger partial charge on any atom is 0.285 e. The molecule has 1 aliphatic rings. The minimum absolute atomic E-state index is 0.172. The number of carbonyl (C=O) groups excluding carboxylic acids is 1. The van der Waals surface area contributed by atoms with Gasteiger partial charge in [-0.05, 0) is 61.5 Å². The Balaban J connectivity index is 1.48. The number of amides is 1. The molecule has 0 fully saturated rings. The van der Waals surface area contributed by atoms with Gasteiger partial charge in [0.15, 0.2) is 5.84 Å². The third-order valence-corrected chi connectivity index (χ3v) is 6.63. The van der Waals surface area contributed by atoms with Crippen molar-refractivity contribution in [1.82, 2.24) is 5.32 Å². The van der Waals surface area contributed by atoms with Crippen molar-refractivity contribution < 1.29 is 22.7 Å². The second-order valence-electron chi connectivity index (χ2n) is 7.42. The summed E-state index contributed by atoms with van der Waals surface area (Å²) in [6.45, 7) is 1.86. The molecule has 1 aliphatic heterocycles. The summed E-state index contributed by atoms with van der Waals surface area (Å²) in [5, 5.41) is 5.98. The summed E-state index contributed by atoms with van der Waals surface area (Å²) in [4.78, 5) is 13.0. The van der Waals surface area contributed by atoms with E-state index in [9.17, 15) is 13.2 Å². The Labute approximate surface area is 192 Å². The number of methoxy groups -OCH3 is 2. The summed E-state index contributed by atoms with van der Waals surface area (Å²) in [6, 6.07) is 18.4. The van der Waals surface area contributed by atoms with Crippen LogP contribution in [0, 0.1) is 0 Å². The highest BCUT2D eigenvalue weighted by molar-refractivity contribution is 7.90. The molecule has 3 aromatic carbocycles. The largest absolute Gasteiger partial charge is 0.497 e. The number of anilines is 1. The predicted molar refractivity (Wildman–Crippen MR) is 126 cm³/mol. The quantitative estimate of drug-likeness (QED) is 0.574. The Morgan fingerprint density at radius 3 is 2.39 bits per heavy atom. The number of nitrogens with one attached hydrogen (secondary N) is 2. The molecular weight excluding hydrogens is 442 g/mol. The Bertz CT molecular complexity index is 1330. The maximum absolute atomic E-state index is 12.8. The molecule has 0 saturated heterocycles. The predicted octanol–water partition coefficient (Wildman–Crippen LogP) is 3.76. The monoisotopic (exact) mass is 465 g/mol. The standard InChI is InChI=1S/C24H23N3O5S/c1-15(20-14-18(31-2)12-13-21(20)32-3)25-24(28)16-8-10-17(11-9-16)26-23-19-6-4-5-7-22(19)33(29,30)27-23/h4-15H,1-3H3,(H,25,28)(H,26,27). The number of rotatable bonds is 6. The number of fused-ring (bicyclic) bond motifs is 1. The Kier molecular flexibility index (Phi) is 6.06. The second kappa shape index (κ2) is 8.95. The minimum Gasteiger partial charge on any atom is -0.497 e. The van der Waals surface area contributed by atoms with Gasteiger partial charge in [-0.1, -0.05) is 12.1 Å². The van der Waals surface area contributed by atoms with Crippen molar-refractivity contribution in [2.75, 3.05) is 19.5 Å². The molecule has 0 spiro atoms. The summed E-state index contributed by atoms with van der Waals surface area (Å²) in [5.74, 6) is 1.31. The summed E-state index contributed by atoms with van der Waals surface area (Å²) < 4.78 is 38.9. The fourth-order valence-corrected chi connectivity index (χ4v) is 4.75. The zero-order chi connectivity index (χ0) is 23.6.